The molecule has 46 heavy (non-hydrogen) atoms. The predicted octanol–water partition coefficient (Wildman–Crippen LogP) is 7.39. The van der Waals surface area contributed by atoms with Crippen LogP contribution in [-0.2, 0) is 28.7 Å². The fourth-order valence-corrected chi connectivity index (χ4v) is 6.27. The summed E-state index contributed by atoms with van der Waals surface area (Å²) in [6, 6.07) is 9.29. The molecule has 1 aromatic heterocycles. The number of esters is 1. The summed E-state index contributed by atoms with van der Waals surface area (Å²) in [6.07, 6.45) is -2.10. The molecule has 0 fully saturated rings. The van der Waals surface area contributed by atoms with Gasteiger partial charge in [-0.3, -0.25) is 9.48 Å². The molecule has 1 aliphatic heterocycles. The number of aromatic nitrogens is 2. The first kappa shape index (κ1) is 31.5. The van der Waals surface area contributed by atoms with Crippen molar-refractivity contribution in [2.75, 3.05) is 13.7 Å². The number of alkyl halides is 3. The number of nitrogens with zero attached hydrogens (tertiary/aromatic N) is 2. The van der Waals surface area contributed by atoms with Gasteiger partial charge in [0.25, 0.3) is 0 Å². The molecule has 242 valence electrons. The topological polar surface area (TPSA) is 82.8 Å². The number of ether oxygens (including phenoxy) is 3. The number of hydrogen-bond donors (Lipinski definition) is 1. The summed E-state index contributed by atoms with van der Waals surface area (Å²) in [5.41, 5.74) is -1.37. The first-order chi connectivity index (χ1) is 21.7. The molecule has 2 atom stereocenters. The number of carbonyl (C=O) groups is 1. The van der Waals surface area contributed by atoms with E-state index in [0.29, 0.717) is 35.7 Å². The van der Waals surface area contributed by atoms with Gasteiger partial charge in [0.2, 0.25) is 0 Å². The Morgan fingerprint density at radius 1 is 1.04 bits per heavy atom. The summed E-state index contributed by atoms with van der Waals surface area (Å²) in [7, 11) is 1.32. The minimum absolute atomic E-state index is 0.0665. The summed E-state index contributed by atoms with van der Waals surface area (Å²) in [5.74, 6) is -1.62. The van der Waals surface area contributed by atoms with Crippen LogP contribution in [0.5, 0.6) is 11.5 Å². The van der Waals surface area contributed by atoms with E-state index in [9.17, 15) is 23.1 Å². The molecular weight excluding hydrogens is 611 g/mol. The predicted molar refractivity (Wildman–Crippen MR) is 157 cm³/mol. The lowest BCUT2D eigenvalue weighted by Gasteiger charge is -2.20. The molecule has 2 aliphatic rings. The van der Waals surface area contributed by atoms with Gasteiger partial charge in [0.05, 0.1) is 49.6 Å². The molecule has 2 heterocycles. The monoisotopic (exact) mass is 642 g/mol. The molecule has 0 spiro atoms. The molecule has 1 N–H and O–H groups in total. The highest BCUT2D eigenvalue weighted by Gasteiger charge is 2.39. The highest BCUT2D eigenvalue weighted by molar-refractivity contribution is 5.77. The van der Waals surface area contributed by atoms with Crippen LogP contribution in [-0.4, -0.2) is 40.2 Å². The van der Waals surface area contributed by atoms with Gasteiger partial charge in [-0.25, -0.2) is 8.78 Å². The highest BCUT2D eigenvalue weighted by Crippen LogP contribution is 2.48. The van der Waals surface area contributed by atoms with Crippen molar-refractivity contribution in [2.24, 2.45) is 0 Å². The van der Waals surface area contributed by atoms with Crippen LogP contribution in [0.2, 0.25) is 0 Å². The number of benzene rings is 3. The van der Waals surface area contributed by atoms with E-state index in [0.717, 1.165) is 23.8 Å². The van der Waals surface area contributed by atoms with Crippen molar-refractivity contribution in [3.05, 3.63) is 88.7 Å². The molecule has 0 saturated heterocycles. The first-order valence-corrected chi connectivity index (χ1v) is 14.7. The van der Waals surface area contributed by atoms with Crippen LogP contribution in [0, 0.1) is 11.6 Å². The average molecular weight is 643 g/mol. The van der Waals surface area contributed by atoms with E-state index in [1.165, 1.54) is 30.3 Å². The molecule has 4 aromatic rings. The zero-order chi connectivity index (χ0) is 33.0. The molecule has 1 aliphatic carbocycles. The fourth-order valence-electron chi connectivity index (χ4n) is 6.27. The Kier molecular flexibility index (Phi) is 8.04. The lowest BCUT2D eigenvalue weighted by molar-refractivity contribution is -0.141. The molecule has 3 aromatic carbocycles. The molecule has 0 bridgehead atoms. The maximum Gasteiger partial charge on any atom is 0.417 e. The number of methoxy groups -OCH3 is 1. The van der Waals surface area contributed by atoms with Crippen molar-refractivity contribution in [1.82, 2.24) is 9.78 Å². The fraction of sp³-hybridized carbons (Fsp3) is 0.353. The van der Waals surface area contributed by atoms with Crippen LogP contribution in [0.1, 0.15) is 61.0 Å². The Hall–Kier alpha value is -4.45. The van der Waals surface area contributed by atoms with Crippen molar-refractivity contribution >= 4 is 5.97 Å². The Labute approximate surface area is 261 Å². The second-order valence-corrected chi connectivity index (χ2v) is 12.2. The third-order valence-electron chi connectivity index (χ3n) is 8.24. The van der Waals surface area contributed by atoms with Crippen LogP contribution in [0.3, 0.4) is 0 Å². The molecule has 0 amide bonds. The summed E-state index contributed by atoms with van der Waals surface area (Å²) >= 11 is 0. The number of carbonyl (C=O) groups excluding carboxylic acids is 1. The average Bonchev–Trinajstić information content (AvgIpc) is 3.70. The van der Waals surface area contributed by atoms with Crippen molar-refractivity contribution in [3.63, 3.8) is 0 Å². The summed E-state index contributed by atoms with van der Waals surface area (Å²) in [4.78, 5) is 11.7. The van der Waals surface area contributed by atoms with Gasteiger partial charge in [-0.2, -0.15) is 18.3 Å². The molecular formula is C34H31F5N2O5. The van der Waals surface area contributed by atoms with E-state index in [-0.39, 0.29) is 48.0 Å². The van der Waals surface area contributed by atoms with Crippen molar-refractivity contribution in [3.8, 4) is 33.8 Å². The van der Waals surface area contributed by atoms with E-state index in [4.69, 9.17) is 14.2 Å². The number of rotatable bonds is 8. The standard InChI is InChI=1S/C34H31F5N2O5/c1-33(2,43)17-41-15-20(14-40-41)32-26(35)10-18(11-27(32)36)31-24-7-9-28(23(24)6-8-25(31)34(37,38)39)46-21-4-5-22-19(12-30(42)44-3)16-45-29(22)13-21/h4-6,8,10-11,13-15,19,28,43H,7,9,12,16-17H2,1-3H3/t19-,28-/m1/s1. The summed E-state index contributed by atoms with van der Waals surface area (Å²) < 4.78 is 92.0. The Balaban J connectivity index is 1.32. The Bertz CT molecular complexity index is 1790. The Morgan fingerprint density at radius 2 is 1.76 bits per heavy atom. The van der Waals surface area contributed by atoms with E-state index in [2.05, 4.69) is 5.10 Å². The largest absolute Gasteiger partial charge is 0.492 e. The van der Waals surface area contributed by atoms with E-state index < -0.39 is 40.6 Å². The van der Waals surface area contributed by atoms with Crippen LogP contribution in [0.25, 0.3) is 22.3 Å². The second kappa shape index (κ2) is 11.7. The smallest absolute Gasteiger partial charge is 0.417 e. The third-order valence-corrected chi connectivity index (χ3v) is 8.24. The van der Waals surface area contributed by atoms with Crippen LogP contribution in [0.15, 0.2) is 54.9 Å². The number of aliphatic hydroxyl groups is 1. The van der Waals surface area contributed by atoms with Crippen molar-refractivity contribution in [1.29, 1.82) is 0 Å². The molecule has 6 rings (SSSR count). The SMILES string of the molecule is COC(=O)C[C@@H]1COc2cc(O[C@@H]3CCc4c3ccc(C(F)(F)F)c4-c3cc(F)c(-c4cnn(CC(C)(C)O)c4)c(F)c3)ccc21. The maximum atomic E-state index is 15.5. The minimum Gasteiger partial charge on any atom is -0.492 e. The lowest BCUT2D eigenvalue weighted by atomic mass is 9.90. The van der Waals surface area contributed by atoms with Gasteiger partial charge in [0, 0.05) is 29.3 Å². The minimum atomic E-state index is -4.79. The summed E-state index contributed by atoms with van der Waals surface area (Å²) in [5, 5.41) is 14.1. The number of fused-ring (bicyclic) bond motifs is 2. The first-order valence-electron chi connectivity index (χ1n) is 14.7. The van der Waals surface area contributed by atoms with Gasteiger partial charge < -0.3 is 19.3 Å². The van der Waals surface area contributed by atoms with Gasteiger partial charge in [-0.1, -0.05) is 12.1 Å². The van der Waals surface area contributed by atoms with Crippen LogP contribution in [0.4, 0.5) is 22.0 Å². The van der Waals surface area contributed by atoms with E-state index >= 15 is 8.78 Å². The van der Waals surface area contributed by atoms with Crippen molar-refractivity contribution in [2.45, 2.75) is 63.5 Å². The normalized spacial score (nSPS) is 17.4. The van der Waals surface area contributed by atoms with Gasteiger partial charge in [0.1, 0.15) is 29.2 Å². The lowest BCUT2D eigenvalue weighted by Crippen LogP contribution is -2.26. The molecule has 0 unspecified atom stereocenters. The van der Waals surface area contributed by atoms with E-state index in [1.807, 2.05) is 0 Å². The molecule has 12 heteroatoms. The number of hydrogen-bond acceptors (Lipinski definition) is 6. The summed E-state index contributed by atoms with van der Waals surface area (Å²) in [6.45, 7) is 3.48. The van der Waals surface area contributed by atoms with E-state index in [1.54, 1.807) is 32.0 Å². The van der Waals surface area contributed by atoms with Gasteiger partial charge >= 0.3 is 12.1 Å². The zero-order valence-corrected chi connectivity index (χ0v) is 25.3. The van der Waals surface area contributed by atoms with Crippen LogP contribution >= 0.6 is 0 Å². The van der Waals surface area contributed by atoms with Gasteiger partial charge in [0.15, 0.2) is 0 Å². The molecule has 0 radical (unpaired) electrons. The Morgan fingerprint density at radius 3 is 2.43 bits per heavy atom. The quantitative estimate of drug-likeness (QED) is 0.160. The third kappa shape index (κ3) is 6.18. The van der Waals surface area contributed by atoms with Crippen molar-refractivity contribution < 1.29 is 46.1 Å². The number of halogens is 5. The van der Waals surface area contributed by atoms with Crippen LogP contribution < -0.4 is 9.47 Å². The molecule has 7 nitrogen and oxygen atoms in total. The highest BCUT2D eigenvalue weighted by atomic mass is 19.4. The zero-order valence-electron chi connectivity index (χ0n) is 25.3. The maximum absolute atomic E-state index is 15.5. The van der Waals surface area contributed by atoms with Gasteiger partial charge in [-0.05, 0) is 73.2 Å². The second-order valence-electron chi connectivity index (χ2n) is 12.2. The molecule has 0 saturated carbocycles. The van der Waals surface area contributed by atoms with Gasteiger partial charge in [-0.15, -0.1) is 0 Å².